The normalized spacial score (nSPS) is 15.6. The van der Waals surface area contributed by atoms with E-state index in [1.165, 1.54) is 0 Å². The van der Waals surface area contributed by atoms with Crippen molar-refractivity contribution in [3.8, 4) is 17.2 Å². The first kappa shape index (κ1) is 21.8. The van der Waals surface area contributed by atoms with E-state index in [1.807, 2.05) is 66.7 Å². The predicted octanol–water partition coefficient (Wildman–Crippen LogP) is 4.65. The van der Waals surface area contributed by atoms with Gasteiger partial charge in [0.05, 0.1) is 37.5 Å². The van der Waals surface area contributed by atoms with Crippen molar-refractivity contribution in [2.45, 2.75) is 18.9 Å². The number of ether oxygens (including phenoxy) is 3. The number of nitrogens with zero attached hydrogens (tertiary/aromatic N) is 3. The molecule has 1 amide bonds. The van der Waals surface area contributed by atoms with Crippen LogP contribution in [0.1, 0.15) is 18.2 Å². The quantitative estimate of drug-likeness (QED) is 0.385. The maximum absolute atomic E-state index is 13.0. The van der Waals surface area contributed by atoms with Crippen molar-refractivity contribution in [2.75, 3.05) is 32.3 Å². The lowest BCUT2D eigenvalue weighted by Gasteiger charge is -2.20. The second-order valence-corrected chi connectivity index (χ2v) is 8.22. The number of aromatic nitrogens is 2. The summed E-state index contributed by atoms with van der Waals surface area (Å²) in [5.41, 5.74) is 2.75. The lowest BCUT2D eigenvalue weighted by molar-refractivity contribution is -0.117. The fourth-order valence-corrected chi connectivity index (χ4v) is 4.55. The van der Waals surface area contributed by atoms with E-state index in [1.54, 1.807) is 19.1 Å². The molecule has 1 saturated heterocycles. The third-order valence-electron chi connectivity index (χ3n) is 6.18. The molecule has 174 valence electrons. The average Bonchev–Trinajstić information content (AvgIpc) is 3.44. The lowest BCUT2D eigenvalue weighted by atomic mass is 10.1. The highest BCUT2D eigenvalue weighted by molar-refractivity contribution is 5.97. The van der Waals surface area contributed by atoms with Gasteiger partial charge in [0.2, 0.25) is 5.91 Å². The number of benzene rings is 3. The number of para-hydroxylation sites is 4. The summed E-state index contributed by atoms with van der Waals surface area (Å²) < 4.78 is 19.0. The summed E-state index contributed by atoms with van der Waals surface area (Å²) in [6.07, 6.45) is 0.401. The third kappa shape index (κ3) is 4.17. The minimum Gasteiger partial charge on any atom is -0.497 e. The maximum Gasteiger partial charge on any atom is 0.227 e. The molecule has 34 heavy (non-hydrogen) atoms. The second kappa shape index (κ2) is 9.47. The Hall–Kier alpha value is -4.00. The van der Waals surface area contributed by atoms with Gasteiger partial charge >= 0.3 is 0 Å². The molecule has 5 rings (SSSR count). The van der Waals surface area contributed by atoms with Crippen LogP contribution in [0.4, 0.5) is 5.69 Å². The molecule has 0 bridgehead atoms. The second-order valence-electron chi connectivity index (χ2n) is 8.22. The monoisotopic (exact) mass is 457 g/mol. The van der Waals surface area contributed by atoms with E-state index in [-0.39, 0.29) is 11.8 Å². The van der Waals surface area contributed by atoms with Gasteiger partial charge in [-0.05, 0) is 36.4 Å². The van der Waals surface area contributed by atoms with Gasteiger partial charge in [-0.15, -0.1) is 0 Å². The van der Waals surface area contributed by atoms with Gasteiger partial charge in [0, 0.05) is 24.9 Å². The van der Waals surface area contributed by atoms with Crippen LogP contribution in [0.15, 0.2) is 72.8 Å². The minimum atomic E-state index is -0.0263. The number of anilines is 1. The Morgan fingerprint density at radius 3 is 2.59 bits per heavy atom. The van der Waals surface area contributed by atoms with E-state index in [4.69, 9.17) is 19.2 Å². The van der Waals surface area contributed by atoms with Crippen LogP contribution in [0.3, 0.4) is 0 Å². The summed E-state index contributed by atoms with van der Waals surface area (Å²) in [5.74, 6) is 3.15. The number of carbonyl (C=O) groups is 1. The Morgan fingerprint density at radius 1 is 0.941 bits per heavy atom. The number of carbonyl (C=O) groups excluding carboxylic acids is 1. The molecule has 1 aliphatic heterocycles. The number of imidazole rings is 1. The fourth-order valence-electron chi connectivity index (χ4n) is 4.55. The van der Waals surface area contributed by atoms with Crippen LogP contribution in [0.5, 0.6) is 17.2 Å². The van der Waals surface area contributed by atoms with E-state index in [9.17, 15) is 4.79 Å². The summed E-state index contributed by atoms with van der Waals surface area (Å²) in [5, 5.41) is 0. The zero-order valence-corrected chi connectivity index (χ0v) is 19.3. The Balaban J connectivity index is 1.40. The number of amides is 1. The zero-order valence-electron chi connectivity index (χ0n) is 19.3. The first-order valence-electron chi connectivity index (χ1n) is 11.3. The summed E-state index contributed by atoms with van der Waals surface area (Å²) >= 11 is 0. The van der Waals surface area contributed by atoms with Gasteiger partial charge in [-0.3, -0.25) is 4.79 Å². The van der Waals surface area contributed by atoms with Gasteiger partial charge in [0.15, 0.2) is 0 Å². The fraction of sp³-hybridized carbons (Fsp3) is 0.259. The Bertz CT molecular complexity index is 1320. The molecular weight excluding hydrogens is 430 g/mol. The molecule has 7 nitrogen and oxygen atoms in total. The van der Waals surface area contributed by atoms with Crippen molar-refractivity contribution in [3.05, 3.63) is 78.6 Å². The van der Waals surface area contributed by atoms with Crippen molar-refractivity contribution in [1.82, 2.24) is 9.55 Å². The van der Waals surface area contributed by atoms with Crippen molar-refractivity contribution in [3.63, 3.8) is 0 Å². The largest absolute Gasteiger partial charge is 0.497 e. The average molecular weight is 458 g/mol. The van der Waals surface area contributed by atoms with E-state index in [0.29, 0.717) is 31.9 Å². The van der Waals surface area contributed by atoms with Gasteiger partial charge in [-0.2, -0.15) is 0 Å². The number of hydrogen-bond acceptors (Lipinski definition) is 5. The van der Waals surface area contributed by atoms with Crippen LogP contribution < -0.4 is 19.1 Å². The summed E-state index contributed by atoms with van der Waals surface area (Å²) in [4.78, 5) is 19.7. The van der Waals surface area contributed by atoms with E-state index in [0.717, 1.165) is 34.0 Å². The zero-order chi connectivity index (χ0) is 23.5. The molecular formula is C27H27N3O4. The van der Waals surface area contributed by atoms with Gasteiger partial charge in [-0.25, -0.2) is 4.98 Å². The molecule has 1 fully saturated rings. The van der Waals surface area contributed by atoms with Crippen LogP contribution >= 0.6 is 0 Å². The van der Waals surface area contributed by atoms with Crippen molar-refractivity contribution in [2.24, 2.45) is 0 Å². The van der Waals surface area contributed by atoms with Gasteiger partial charge < -0.3 is 23.7 Å². The first-order valence-corrected chi connectivity index (χ1v) is 11.3. The highest BCUT2D eigenvalue weighted by Gasteiger charge is 2.35. The number of hydrogen-bond donors (Lipinski definition) is 0. The van der Waals surface area contributed by atoms with Crippen LogP contribution in [0, 0.1) is 0 Å². The molecule has 0 spiro atoms. The molecule has 1 aromatic heterocycles. The number of fused-ring (bicyclic) bond motifs is 1. The van der Waals surface area contributed by atoms with Crippen molar-refractivity contribution < 1.29 is 19.0 Å². The smallest absolute Gasteiger partial charge is 0.227 e. The number of rotatable bonds is 8. The van der Waals surface area contributed by atoms with Crippen LogP contribution in [0.25, 0.3) is 11.0 Å². The van der Waals surface area contributed by atoms with Crippen molar-refractivity contribution in [1.29, 1.82) is 0 Å². The Morgan fingerprint density at radius 2 is 1.74 bits per heavy atom. The molecule has 3 aromatic carbocycles. The van der Waals surface area contributed by atoms with E-state index in [2.05, 4.69) is 10.6 Å². The third-order valence-corrected chi connectivity index (χ3v) is 6.18. The molecule has 1 atom stereocenters. The molecule has 0 unspecified atom stereocenters. The van der Waals surface area contributed by atoms with Gasteiger partial charge in [0.25, 0.3) is 0 Å². The molecule has 4 aromatic rings. The lowest BCUT2D eigenvalue weighted by Crippen LogP contribution is -2.25. The van der Waals surface area contributed by atoms with Crippen LogP contribution in [-0.2, 0) is 11.3 Å². The SMILES string of the molecule is COc1cccc(OCCn2c([C@@H]3CC(=O)N(c4ccccc4OC)C3)nc3ccccc32)c1. The highest BCUT2D eigenvalue weighted by Crippen LogP contribution is 2.37. The van der Waals surface area contributed by atoms with E-state index < -0.39 is 0 Å². The molecule has 0 aliphatic carbocycles. The molecule has 0 radical (unpaired) electrons. The first-order chi connectivity index (χ1) is 16.7. The topological polar surface area (TPSA) is 65.8 Å². The van der Waals surface area contributed by atoms with Crippen LogP contribution in [-0.4, -0.2) is 42.8 Å². The maximum atomic E-state index is 13.0. The molecule has 0 N–H and O–H groups in total. The summed E-state index contributed by atoms with van der Waals surface area (Å²) in [6, 6.07) is 23.3. The Labute approximate surface area is 198 Å². The highest BCUT2D eigenvalue weighted by atomic mass is 16.5. The standard InChI is InChI=1S/C27H27N3O4/c1-32-20-8-7-9-21(17-20)34-15-14-29-23-11-4-3-10-22(23)28-27(29)19-16-26(31)30(18-19)24-12-5-6-13-25(24)33-2/h3-13,17,19H,14-16,18H2,1-2H3/t19-/m1/s1. The molecule has 0 saturated carbocycles. The predicted molar refractivity (Wildman–Crippen MR) is 131 cm³/mol. The van der Waals surface area contributed by atoms with Gasteiger partial charge in [0.1, 0.15) is 29.7 Å². The van der Waals surface area contributed by atoms with Crippen molar-refractivity contribution >= 4 is 22.6 Å². The summed E-state index contributed by atoms with van der Waals surface area (Å²) in [6.45, 7) is 1.64. The number of methoxy groups -OCH3 is 2. The summed E-state index contributed by atoms with van der Waals surface area (Å²) in [7, 11) is 3.26. The minimum absolute atomic E-state index is 0.0263. The van der Waals surface area contributed by atoms with E-state index >= 15 is 0 Å². The Kier molecular flexibility index (Phi) is 6.08. The molecule has 7 heteroatoms. The molecule has 2 heterocycles. The van der Waals surface area contributed by atoms with Gasteiger partial charge in [-0.1, -0.05) is 30.3 Å². The van der Waals surface area contributed by atoms with Crippen LogP contribution in [0.2, 0.25) is 0 Å². The molecule has 1 aliphatic rings.